The van der Waals surface area contributed by atoms with Crippen molar-refractivity contribution in [1.82, 2.24) is 10.2 Å². The molecule has 0 spiro atoms. The second-order valence-electron chi connectivity index (χ2n) is 7.38. The lowest BCUT2D eigenvalue weighted by Crippen LogP contribution is -2.50. The number of benzene rings is 2. The molecule has 0 saturated heterocycles. The number of carbonyl (C=O) groups is 2. The van der Waals surface area contributed by atoms with Gasteiger partial charge >= 0.3 is 0 Å². The van der Waals surface area contributed by atoms with Crippen molar-refractivity contribution in [1.29, 1.82) is 0 Å². The average Bonchev–Trinajstić information content (AvgIpc) is 2.71. The van der Waals surface area contributed by atoms with Crippen LogP contribution in [0.4, 0.5) is 0 Å². The van der Waals surface area contributed by atoms with Crippen molar-refractivity contribution in [3.63, 3.8) is 0 Å². The highest BCUT2D eigenvalue weighted by atomic mass is 35.5. The van der Waals surface area contributed by atoms with Gasteiger partial charge in [0.2, 0.25) is 5.91 Å². The number of hydrogen-bond acceptors (Lipinski definition) is 3. The van der Waals surface area contributed by atoms with Gasteiger partial charge in [-0.15, -0.1) is 0 Å². The molecule has 2 rings (SSSR count). The maximum Gasteiger partial charge on any atom is 0.261 e. The van der Waals surface area contributed by atoms with Gasteiger partial charge in [-0.05, 0) is 43.0 Å². The minimum absolute atomic E-state index is 0.156. The van der Waals surface area contributed by atoms with Crippen LogP contribution in [0, 0.1) is 5.92 Å². The molecule has 156 valence electrons. The predicted octanol–water partition coefficient (Wildman–Crippen LogP) is 3.95. The Balaban J connectivity index is 2.05. The number of nitrogens with zero attached hydrogens (tertiary/aromatic N) is 1. The smallest absolute Gasteiger partial charge is 0.261 e. The summed E-state index contributed by atoms with van der Waals surface area (Å²) in [6.07, 6.45) is 0.658. The summed E-state index contributed by atoms with van der Waals surface area (Å²) in [6.45, 7) is 6.65. The quantitative estimate of drug-likeness (QED) is 0.638. The molecule has 2 amide bonds. The fourth-order valence-electron chi connectivity index (χ4n) is 2.81. The zero-order valence-corrected chi connectivity index (χ0v) is 18.0. The van der Waals surface area contributed by atoms with E-state index >= 15 is 0 Å². The summed E-state index contributed by atoms with van der Waals surface area (Å²) in [5.41, 5.74) is 1.11. The normalized spacial score (nSPS) is 11.8. The molecule has 1 atom stereocenters. The number of hydrogen-bond donors (Lipinski definition) is 1. The Morgan fingerprint density at radius 1 is 1.07 bits per heavy atom. The standard InChI is InChI=1S/C23H29ClN2O3/c1-17(2)15-25-23(28)18(3)26(13-12-19-8-5-4-6-9-19)22(27)16-29-21-11-7-10-20(24)14-21/h4-11,14,17-18H,12-13,15-16H2,1-3H3,(H,25,28). The lowest BCUT2D eigenvalue weighted by Gasteiger charge is -2.29. The lowest BCUT2D eigenvalue weighted by molar-refractivity contribution is -0.141. The Labute approximate surface area is 178 Å². The summed E-state index contributed by atoms with van der Waals surface area (Å²) < 4.78 is 5.60. The minimum Gasteiger partial charge on any atom is -0.484 e. The molecule has 1 N–H and O–H groups in total. The largest absolute Gasteiger partial charge is 0.484 e. The molecule has 2 aromatic carbocycles. The SMILES string of the molecule is CC(C)CNC(=O)C(C)N(CCc1ccccc1)C(=O)COc1cccc(Cl)c1. The molecule has 0 heterocycles. The van der Waals surface area contributed by atoms with Crippen molar-refractivity contribution < 1.29 is 14.3 Å². The number of rotatable bonds is 10. The van der Waals surface area contributed by atoms with Gasteiger partial charge in [-0.2, -0.15) is 0 Å². The van der Waals surface area contributed by atoms with E-state index in [0.29, 0.717) is 36.2 Å². The van der Waals surface area contributed by atoms with Crippen LogP contribution >= 0.6 is 11.6 Å². The van der Waals surface area contributed by atoms with Crippen LogP contribution in [-0.2, 0) is 16.0 Å². The lowest BCUT2D eigenvalue weighted by atomic mass is 10.1. The molecule has 0 aliphatic carbocycles. The third-order valence-electron chi connectivity index (χ3n) is 4.49. The predicted molar refractivity (Wildman–Crippen MR) is 116 cm³/mol. The molecule has 6 heteroatoms. The van der Waals surface area contributed by atoms with E-state index in [0.717, 1.165) is 5.56 Å². The highest BCUT2D eigenvalue weighted by Gasteiger charge is 2.26. The summed E-state index contributed by atoms with van der Waals surface area (Å²) >= 11 is 5.96. The summed E-state index contributed by atoms with van der Waals surface area (Å²) in [6, 6.07) is 16.2. The van der Waals surface area contributed by atoms with Crippen LogP contribution in [0.1, 0.15) is 26.3 Å². The fourth-order valence-corrected chi connectivity index (χ4v) is 2.99. The van der Waals surface area contributed by atoms with Crippen molar-refractivity contribution in [2.45, 2.75) is 33.2 Å². The second kappa shape index (κ2) is 11.5. The summed E-state index contributed by atoms with van der Waals surface area (Å²) in [5.74, 6) is 0.451. The van der Waals surface area contributed by atoms with E-state index in [1.165, 1.54) is 0 Å². The van der Waals surface area contributed by atoms with Crippen molar-refractivity contribution >= 4 is 23.4 Å². The molecule has 1 unspecified atom stereocenters. The third kappa shape index (κ3) is 7.78. The summed E-state index contributed by atoms with van der Waals surface area (Å²) in [7, 11) is 0. The van der Waals surface area contributed by atoms with Crippen LogP contribution in [0.5, 0.6) is 5.75 Å². The van der Waals surface area contributed by atoms with Crippen LogP contribution in [0.25, 0.3) is 0 Å². The molecule has 0 saturated carbocycles. The maximum absolute atomic E-state index is 12.9. The van der Waals surface area contributed by atoms with E-state index in [9.17, 15) is 9.59 Å². The first-order valence-electron chi connectivity index (χ1n) is 9.86. The van der Waals surface area contributed by atoms with Crippen LogP contribution in [-0.4, -0.2) is 42.5 Å². The zero-order chi connectivity index (χ0) is 21.2. The summed E-state index contributed by atoms with van der Waals surface area (Å²) in [4.78, 5) is 27.0. The van der Waals surface area contributed by atoms with E-state index in [2.05, 4.69) is 5.32 Å². The van der Waals surface area contributed by atoms with E-state index < -0.39 is 6.04 Å². The highest BCUT2D eigenvalue weighted by molar-refractivity contribution is 6.30. The van der Waals surface area contributed by atoms with Gasteiger partial charge in [0.25, 0.3) is 5.91 Å². The van der Waals surface area contributed by atoms with Crippen LogP contribution in [0.15, 0.2) is 54.6 Å². The highest BCUT2D eigenvalue weighted by Crippen LogP contribution is 2.17. The first kappa shape index (κ1) is 22.8. The second-order valence-corrected chi connectivity index (χ2v) is 7.82. The van der Waals surface area contributed by atoms with E-state index in [1.54, 1.807) is 36.1 Å². The van der Waals surface area contributed by atoms with Gasteiger partial charge in [-0.1, -0.05) is 61.8 Å². The van der Waals surface area contributed by atoms with Crippen molar-refractivity contribution in [3.05, 3.63) is 65.2 Å². The number of carbonyl (C=O) groups excluding carboxylic acids is 2. The molecule has 0 aliphatic heterocycles. The van der Waals surface area contributed by atoms with Gasteiger partial charge in [0.1, 0.15) is 11.8 Å². The maximum atomic E-state index is 12.9. The monoisotopic (exact) mass is 416 g/mol. The van der Waals surface area contributed by atoms with Crippen LogP contribution < -0.4 is 10.1 Å². The average molecular weight is 417 g/mol. The minimum atomic E-state index is -0.590. The Hall–Kier alpha value is -2.53. The van der Waals surface area contributed by atoms with E-state index in [1.807, 2.05) is 44.2 Å². The Morgan fingerprint density at radius 3 is 2.45 bits per heavy atom. The van der Waals surface area contributed by atoms with Gasteiger partial charge < -0.3 is 15.0 Å². The molecule has 0 radical (unpaired) electrons. The van der Waals surface area contributed by atoms with Gasteiger partial charge in [0.15, 0.2) is 6.61 Å². The van der Waals surface area contributed by atoms with E-state index in [4.69, 9.17) is 16.3 Å². The molecule has 0 aliphatic rings. The molecular formula is C23H29ClN2O3. The van der Waals surface area contributed by atoms with Gasteiger partial charge in [0.05, 0.1) is 0 Å². The molecule has 0 aromatic heterocycles. The molecule has 29 heavy (non-hydrogen) atoms. The Bertz CT molecular complexity index is 796. The third-order valence-corrected chi connectivity index (χ3v) is 4.73. The zero-order valence-electron chi connectivity index (χ0n) is 17.2. The van der Waals surface area contributed by atoms with Gasteiger partial charge in [-0.25, -0.2) is 0 Å². The molecule has 2 aromatic rings. The number of nitrogens with one attached hydrogen (secondary N) is 1. The first-order chi connectivity index (χ1) is 13.9. The van der Waals surface area contributed by atoms with Crippen molar-refractivity contribution in [2.24, 2.45) is 5.92 Å². The number of ether oxygens (including phenoxy) is 1. The van der Waals surface area contributed by atoms with Crippen molar-refractivity contribution in [2.75, 3.05) is 19.7 Å². The van der Waals surface area contributed by atoms with Gasteiger partial charge in [0, 0.05) is 18.1 Å². The molecule has 5 nitrogen and oxygen atoms in total. The van der Waals surface area contributed by atoms with E-state index in [-0.39, 0.29) is 18.4 Å². The fraction of sp³-hybridized carbons (Fsp3) is 0.391. The van der Waals surface area contributed by atoms with Crippen LogP contribution in [0.3, 0.4) is 0 Å². The Morgan fingerprint density at radius 2 is 1.79 bits per heavy atom. The summed E-state index contributed by atoms with van der Waals surface area (Å²) in [5, 5.41) is 3.44. The van der Waals surface area contributed by atoms with Crippen molar-refractivity contribution in [3.8, 4) is 5.75 Å². The molecular weight excluding hydrogens is 388 g/mol. The molecule has 0 bridgehead atoms. The number of amides is 2. The van der Waals surface area contributed by atoms with Gasteiger partial charge in [-0.3, -0.25) is 9.59 Å². The first-order valence-corrected chi connectivity index (χ1v) is 10.2. The van der Waals surface area contributed by atoms with Crippen LogP contribution in [0.2, 0.25) is 5.02 Å². The topological polar surface area (TPSA) is 58.6 Å². The Kier molecular flexibility index (Phi) is 9.00. The molecule has 0 fully saturated rings. The number of halogens is 1.